The third-order valence-electron chi connectivity index (χ3n) is 3.50. The van der Waals surface area contributed by atoms with Crippen LogP contribution in [0.2, 0.25) is 0 Å². The molecule has 21 heavy (non-hydrogen) atoms. The van der Waals surface area contributed by atoms with Gasteiger partial charge in [-0.05, 0) is 61.5 Å². The van der Waals surface area contributed by atoms with Crippen molar-refractivity contribution in [2.24, 2.45) is 0 Å². The number of aromatic nitrogens is 2. The van der Waals surface area contributed by atoms with Gasteiger partial charge in [-0.1, -0.05) is 18.2 Å². The predicted molar refractivity (Wildman–Crippen MR) is 88.5 cm³/mol. The Labute approximate surface area is 129 Å². The molecule has 0 spiro atoms. The van der Waals surface area contributed by atoms with E-state index in [1.165, 1.54) is 11.1 Å². The van der Waals surface area contributed by atoms with Crippen LogP contribution >= 0.6 is 12.2 Å². The van der Waals surface area contributed by atoms with E-state index in [2.05, 4.69) is 47.7 Å². The summed E-state index contributed by atoms with van der Waals surface area (Å²) in [6.45, 7) is 5.47. The zero-order chi connectivity index (χ0) is 14.8. The maximum Gasteiger partial charge on any atom is 0.178 e. The summed E-state index contributed by atoms with van der Waals surface area (Å²) >= 11 is 5.40. The maximum atomic E-state index is 5.81. The highest BCUT2D eigenvalue weighted by Gasteiger charge is 2.04. The number of fused-ring (bicyclic) bond motifs is 1. The number of imidazole rings is 1. The van der Waals surface area contributed by atoms with Crippen molar-refractivity contribution in [1.82, 2.24) is 9.55 Å². The first-order chi connectivity index (χ1) is 10.1. The normalized spacial score (nSPS) is 11.0. The molecule has 3 rings (SSSR count). The van der Waals surface area contributed by atoms with E-state index in [4.69, 9.17) is 17.0 Å². The topological polar surface area (TPSA) is 29.9 Å². The molecule has 0 aliphatic rings. The quantitative estimate of drug-likeness (QED) is 0.724. The highest BCUT2D eigenvalue weighted by Crippen LogP contribution is 2.16. The Balaban J connectivity index is 1.76. The summed E-state index contributed by atoms with van der Waals surface area (Å²) in [5.74, 6) is 0.900. The molecule has 0 aliphatic heterocycles. The van der Waals surface area contributed by atoms with E-state index in [-0.39, 0.29) is 0 Å². The molecule has 2 aromatic carbocycles. The molecule has 0 atom stereocenters. The van der Waals surface area contributed by atoms with Crippen molar-refractivity contribution < 1.29 is 4.74 Å². The van der Waals surface area contributed by atoms with Crippen LogP contribution in [0.4, 0.5) is 0 Å². The molecule has 0 amide bonds. The summed E-state index contributed by atoms with van der Waals surface area (Å²) in [5, 5.41) is 0. The molecule has 1 aromatic heterocycles. The van der Waals surface area contributed by atoms with Crippen LogP contribution in [-0.2, 0) is 6.54 Å². The standard InChI is InChI=1S/C17H18N2OS/c1-12-4-3-5-14(10-12)20-9-8-19-16-7-6-13(2)11-15(16)18-17(19)21/h3-7,10-11H,8-9H2,1-2H3,(H,18,21). The Hall–Kier alpha value is -2.07. The minimum Gasteiger partial charge on any atom is -0.492 e. The van der Waals surface area contributed by atoms with Gasteiger partial charge in [0.2, 0.25) is 0 Å². The molecule has 0 saturated heterocycles. The van der Waals surface area contributed by atoms with Crippen molar-refractivity contribution in [1.29, 1.82) is 0 Å². The summed E-state index contributed by atoms with van der Waals surface area (Å²) in [6.07, 6.45) is 0. The molecule has 4 heteroatoms. The summed E-state index contributed by atoms with van der Waals surface area (Å²) < 4.78 is 8.63. The van der Waals surface area contributed by atoms with Crippen LogP contribution in [0.1, 0.15) is 11.1 Å². The summed E-state index contributed by atoms with van der Waals surface area (Å²) in [5.41, 5.74) is 4.63. The van der Waals surface area contributed by atoms with Crippen LogP contribution in [-0.4, -0.2) is 16.2 Å². The van der Waals surface area contributed by atoms with E-state index in [0.29, 0.717) is 6.61 Å². The Bertz CT molecular complexity index is 832. The summed E-state index contributed by atoms with van der Waals surface area (Å²) in [6, 6.07) is 14.4. The van der Waals surface area contributed by atoms with Gasteiger partial charge in [0, 0.05) is 0 Å². The first-order valence-electron chi connectivity index (χ1n) is 7.02. The molecule has 3 aromatic rings. The van der Waals surface area contributed by atoms with Crippen LogP contribution in [0.3, 0.4) is 0 Å². The van der Waals surface area contributed by atoms with E-state index in [0.717, 1.165) is 28.1 Å². The molecule has 1 heterocycles. The number of rotatable bonds is 4. The highest BCUT2D eigenvalue weighted by molar-refractivity contribution is 7.71. The van der Waals surface area contributed by atoms with Crippen LogP contribution in [0, 0.1) is 18.6 Å². The van der Waals surface area contributed by atoms with Crippen molar-refractivity contribution in [2.75, 3.05) is 6.61 Å². The number of benzene rings is 2. The maximum absolute atomic E-state index is 5.81. The number of ether oxygens (including phenoxy) is 1. The van der Waals surface area contributed by atoms with Gasteiger partial charge in [-0.3, -0.25) is 0 Å². The van der Waals surface area contributed by atoms with Crippen molar-refractivity contribution in [2.45, 2.75) is 20.4 Å². The third-order valence-corrected chi connectivity index (χ3v) is 3.83. The Morgan fingerprint density at radius 1 is 1.10 bits per heavy atom. The van der Waals surface area contributed by atoms with Gasteiger partial charge >= 0.3 is 0 Å². The Morgan fingerprint density at radius 3 is 2.71 bits per heavy atom. The average molecular weight is 298 g/mol. The minimum atomic E-state index is 0.596. The highest BCUT2D eigenvalue weighted by atomic mass is 32.1. The van der Waals surface area contributed by atoms with Gasteiger partial charge in [0.05, 0.1) is 17.6 Å². The predicted octanol–water partition coefficient (Wildman–Crippen LogP) is 4.39. The number of hydrogen-bond donors (Lipinski definition) is 1. The number of aromatic amines is 1. The third kappa shape index (κ3) is 3.00. The van der Waals surface area contributed by atoms with Gasteiger partial charge in [-0.15, -0.1) is 0 Å². The lowest BCUT2D eigenvalue weighted by Crippen LogP contribution is -2.08. The Morgan fingerprint density at radius 2 is 1.90 bits per heavy atom. The van der Waals surface area contributed by atoms with Crippen LogP contribution in [0.5, 0.6) is 5.75 Å². The van der Waals surface area contributed by atoms with Crippen molar-refractivity contribution in [3.63, 3.8) is 0 Å². The number of nitrogens with one attached hydrogen (secondary N) is 1. The van der Waals surface area contributed by atoms with E-state index in [1.807, 2.05) is 18.2 Å². The molecule has 0 saturated carbocycles. The lowest BCUT2D eigenvalue weighted by molar-refractivity contribution is 0.299. The second-order valence-corrected chi connectivity index (χ2v) is 5.65. The van der Waals surface area contributed by atoms with Gasteiger partial charge in [-0.25, -0.2) is 0 Å². The monoisotopic (exact) mass is 298 g/mol. The second kappa shape index (κ2) is 5.74. The lowest BCUT2D eigenvalue weighted by atomic mass is 10.2. The summed E-state index contributed by atoms with van der Waals surface area (Å²) in [7, 11) is 0. The van der Waals surface area contributed by atoms with Gasteiger partial charge < -0.3 is 14.3 Å². The second-order valence-electron chi connectivity index (χ2n) is 5.27. The largest absolute Gasteiger partial charge is 0.492 e. The first-order valence-corrected chi connectivity index (χ1v) is 7.43. The summed E-state index contributed by atoms with van der Waals surface area (Å²) in [4.78, 5) is 3.25. The van der Waals surface area contributed by atoms with Crippen molar-refractivity contribution in [3.8, 4) is 5.75 Å². The molecule has 1 N–H and O–H groups in total. The molecule has 0 bridgehead atoms. The zero-order valence-corrected chi connectivity index (χ0v) is 13.0. The molecule has 0 aliphatic carbocycles. The Kier molecular flexibility index (Phi) is 3.80. The molecule has 108 valence electrons. The molecule has 0 radical (unpaired) electrons. The number of aryl methyl sites for hydroxylation is 2. The fraction of sp³-hybridized carbons (Fsp3) is 0.235. The molecule has 0 unspecified atom stereocenters. The van der Waals surface area contributed by atoms with Gasteiger partial charge in [0.15, 0.2) is 4.77 Å². The number of H-pyrrole nitrogens is 1. The first kappa shape index (κ1) is 13.9. The van der Waals surface area contributed by atoms with E-state index >= 15 is 0 Å². The average Bonchev–Trinajstić information content (AvgIpc) is 2.74. The van der Waals surface area contributed by atoms with E-state index in [9.17, 15) is 0 Å². The van der Waals surface area contributed by atoms with Gasteiger partial charge in [-0.2, -0.15) is 0 Å². The zero-order valence-electron chi connectivity index (χ0n) is 12.2. The van der Waals surface area contributed by atoms with Gasteiger partial charge in [0.1, 0.15) is 12.4 Å². The number of nitrogens with zero attached hydrogens (tertiary/aromatic N) is 1. The van der Waals surface area contributed by atoms with E-state index in [1.54, 1.807) is 0 Å². The van der Waals surface area contributed by atoms with Gasteiger partial charge in [0.25, 0.3) is 0 Å². The van der Waals surface area contributed by atoms with Crippen molar-refractivity contribution in [3.05, 3.63) is 58.4 Å². The van der Waals surface area contributed by atoms with Crippen molar-refractivity contribution >= 4 is 23.3 Å². The van der Waals surface area contributed by atoms with Crippen LogP contribution < -0.4 is 4.74 Å². The molecular weight excluding hydrogens is 280 g/mol. The fourth-order valence-electron chi connectivity index (χ4n) is 2.46. The number of hydrogen-bond acceptors (Lipinski definition) is 2. The lowest BCUT2D eigenvalue weighted by Gasteiger charge is -2.08. The smallest absolute Gasteiger partial charge is 0.178 e. The molecule has 0 fully saturated rings. The van der Waals surface area contributed by atoms with Crippen LogP contribution in [0.25, 0.3) is 11.0 Å². The van der Waals surface area contributed by atoms with E-state index < -0.39 is 0 Å². The minimum absolute atomic E-state index is 0.596. The molecule has 3 nitrogen and oxygen atoms in total. The molecular formula is C17H18N2OS. The fourth-order valence-corrected chi connectivity index (χ4v) is 2.76. The SMILES string of the molecule is Cc1cccc(OCCn2c(=S)[nH]c3cc(C)ccc32)c1. The van der Waals surface area contributed by atoms with Crippen LogP contribution in [0.15, 0.2) is 42.5 Å².